The predicted molar refractivity (Wildman–Crippen MR) is 140 cm³/mol. The number of anilines is 1. The summed E-state index contributed by atoms with van der Waals surface area (Å²) in [6.07, 6.45) is 0.457. The lowest BCUT2D eigenvalue weighted by Crippen LogP contribution is -2.29. The topological polar surface area (TPSA) is 74.8 Å². The highest BCUT2D eigenvalue weighted by Crippen LogP contribution is 2.32. The van der Waals surface area contributed by atoms with E-state index in [0.29, 0.717) is 34.4 Å². The molecule has 0 saturated heterocycles. The second-order valence-corrected chi connectivity index (χ2v) is 9.46. The molecule has 0 saturated carbocycles. The van der Waals surface area contributed by atoms with Crippen LogP contribution in [-0.4, -0.2) is 35.6 Å². The lowest BCUT2D eigenvalue weighted by Gasteiger charge is -2.14. The monoisotopic (exact) mass is 486 g/mol. The Labute approximate surface area is 213 Å². The average Bonchev–Trinajstić information content (AvgIpc) is 3.28. The van der Waals surface area contributed by atoms with Crippen molar-refractivity contribution in [3.05, 3.63) is 124 Å². The van der Waals surface area contributed by atoms with Crippen LogP contribution in [0.25, 0.3) is 11.1 Å². The molecule has 0 fully saturated rings. The maximum Gasteiger partial charge on any atom is 0.266 e. The van der Waals surface area contributed by atoms with Crippen molar-refractivity contribution in [2.75, 3.05) is 11.9 Å². The summed E-state index contributed by atoms with van der Waals surface area (Å²) in [7, 11) is 1.47. The van der Waals surface area contributed by atoms with Gasteiger partial charge in [0.15, 0.2) is 0 Å². The predicted octanol–water partition coefficient (Wildman–Crippen LogP) is 5.28. The molecule has 2 heterocycles. The largest absolute Gasteiger partial charge is 0.277 e. The fraction of sp³-hybridized carbons (Fsp3) is 0.0968. The Bertz CT molecular complexity index is 1640. The van der Waals surface area contributed by atoms with Gasteiger partial charge in [-0.3, -0.25) is 24.1 Å². The van der Waals surface area contributed by atoms with Crippen molar-refractivity contribution in [2.45, 2.75) is 13.3 Å². The van der Waals surface area contributed by atoms with Crippen molar-refractivity contribution in [3.63, 3.8) is 0 Å². The van der Waals surface area contributed by atoms with Crippen LogP contribution in [0, 0.1) is 6.92 Å². The molecule has 6 nitrogen and oxygen atoms in total. The molecule has 0 N–H and O–H groups in total. The van der Waals surface area contributed by atoms with Crippen LogP contribution in [0.5, 0.6) is 0 Å². The molecule has 0 atom stereocenters. The quantitative estimate of drug-likeness (QED) is 0.368. The van der Waals surface area contributed by atoms with Gasteiger partial charge in [-0.05, 0) is 72.0 Å². The van der Waals surface area contributed by atoms with E-state index in [-0.39, 0.29) is 23.6 Å². The second-order valence-electron chi connectivity index (χ2n) is 9.46. The Hall–Kier alpha value is -4.84. The van der Waals surface area contributed by atoms with Crippen molar-refractivity contribution in [3.8, 4) is 11.1 Å². The van der Waals surface area contributed by atoms with Crippen LogP contribution in [0.1, 0.15) is 58.1 Å². The van der Waals surface area contributed by atoms with Gasteiger partial charge in [0.05, 0.1) is 27.9 Å². The van der Waals surface area contributed by atoms with Gasteiger partial charge in [-0.1, -0.05) is 54.1 Å². The number of carbonyl (C=O) groups is 4. The molecule has 4 aromatic carbocycles. The maximum atomic E-state index is 13.3. The molecule has 180 valence electrons. The minimum Gasteiger partial charge on any atom is -0.277 e. The van der Waals surface area contributed by atoms with E-state index in [4.69, 9.17) is 0 Å². The minimum absolute atomic E-state index is 0.305. The van der Waals surface area contributed by atoms with Crippen molar-refractivity contribution >= 4 is 29.3 Å². The third kappa shape index (κ3) is 3.65. The maximum absolute atomic E-state index is 13.3. The second kappa shape index (κ2) is 8.38. The first-order valence-corrected chi connectivity index (χ1v) is 12.0. The van der Waals surface area contributed by atoms with Gasteiger partial charge in [0.1, 0.15) is 0 Å². The fourth-order valence-electron chi connectivity index (χ4n) is 4.94. The van der Waals surface area contributed by atoms with Crippen LogP contribution >= 0.6 is 0 Å². The Balaban J connectivity index is 1.25. The number of imide groups is 2. The zero-order valence-electron chi connectivity index (χ0n) is 20.3. The fourth-order valence-corrected chi connectivity index (χ4v) is 4.94. The van der Waals surface area contributed by atoms with Crippen molar-refractivity contribution < 1.29 is 19.2 Å². The van der Waals surface area contributed by atoms with Gasteiger partial charge < -0.3 is 0 Å². The summed E-state index contributed by atoms with van der Waals surface area (Å²) < 4.78 is 0. The summed E-state index contributed by atoms with van der Waals surface area (Å²) in [6.45, 7) is 2.04. The number of aryl methyl sites for hydroxylation is 1. The number of carbonyl (C=O) groups excluding carboxylic acids is 4. The Morgan fingerprint density at radius 1 is 0.541 bits per heavy atom. The van der Waals surface area contributed by atoms with E-state index in [0.717, 1.165) is 27.2 Å². The Morgan fingerprint density at radius 3 is 1.59 bits per heavy atom. The molecule has 0 unspecified atom stereocenters. The molecule has 0 spiro atoms. The van der Waals surface area contributed by atoms with Gasteiger partial charge in [-0.15, -0.1) is 0 Å². The summed E-state index contributed by atoms with van der Waals surface area (Å²) in [5.74, 6) is -1.33. The summed E-state index contributed by atoms with van der Waals surface area (Å²) in [4.78, 5) is 53.2. The molecule has 0 aromatic heterocycles. The van der Waals surface area contributed by atoms with E-state index in [9.17, 15) is 19.2 Å². The molecule has 37 heavy (non-hydrogen) atoms. The van der Waals surface area contributed by atoms with Gasteiger partial charge in [0.25, 0.3) is 23.6 Å². The number of nitrogens with zero attached hydrogens (tertiary/aromatic N) is 2. The molecule has 4 amide bonds. The summed E-state index contributed by atoms with van der Waals surface area (Å²) >= 11 is 0. The molecule has 6 rings (SSSR count). The zero-order valence-corrected chi connectivity index (χ0v) is 20.3. The normalized spacial score (nSPS) is 14.4. The van der Waals surface area contributed by atoms with Crippen molar-refractivity contribution in [1.29, 1.82) is 0 Å². The molecule has 2 aliphatic heterocycles. The van der Waals surface area contributed by atoms with Gasteiger partial charge in [0.2, 0.25) is 0 Å². The lowest BCUT2D eigenvalue weighted by molar-refractivity contribution is 0.0692. The van der Waals surface area contributed by atoms with Crippen LogP contribution in [0.3, 0.4) is 0 Å². The van der Waals surface area contributed by atoms with E-state index in [1.807, 2.05) is 55.5 Å². The lowest BCUT2D eigenvalue weighted by atomic mass is 9.98. The highest BCUT2D eigenvalue weighted by Gasteiger charge is 2.37. The summed E-state index contributed by atoms with van der Waals surface area (Å²) in [6, 6.07) is 26.0. The standard InChI is InChI=1S/C31H22N2O4/c1-18-3-7-21(8-4-18)22-9-11-23(12-10-22)33-30(36)25-14-6-20(17-27(25)31(33)37)15-19-5-13-24-26(16-19)29(35)32(2)28(24)34/h3-14,16-17H,15H2,1-2H3. The Morgan fingerprint density at radius 2 is 1.00 bits per heavy atom. The number of amides is 4. The number of rotatable bonds is 4. The van der Waals surface area contributed by atoms with Gasteiger partial charge >= 0.3 is 0 Å². The minimum atomic E-state index is -0.360. The first-order chi connectivity index (χ1) is 17.8. The summed E-state index contributed by atoms with van der Waals surface area (Å²) in [5, 5.41) is 0. The number of benzene rings is 4. The third-order valence-electron chi connectivity index (χ3n) is 7.02. The van der Waals surface area contributed by atoms with E-state index < -0.39 is 0 Å². The van der Waals surface area contributed by atoms with E-state index >= 15 is 0 Å². The first kappa shape index (κ1) is 22.6. The van der Waals surface area contributed by atoms with E-state index in [1.54, 1.807) is 36.4 Å². The summed E-state index contributed by atoms with van der Waals surface area (Å²) in [5.41, 5.74) is 6.96. The Kier molecular flexibility index (Phi) is 5.12. The number of fused-ring (bicyclic) bond motifs is 2. The zero-order chi connectivity index (χ0) is 25.8. The smallest absolute Gasteiger partial charge is 0.266 e. The van der Waals surface area contributed by atoms with Gasteiger partial charge in [0, 0.05) is 7.05 Å². The molecule has 6 heteroatoms. The molecule has 0 aliphatic carbocycles. The van der Waals surface area contributed by atoms with Crippen LogP contribution in [0.15, 0.2) is 84.9 Å². The van der Waals surface area contributed by atoms with Crippen LogP contribution in [-0.2, 0) is 6.42 Å². The SMILES string of the molecule is Cc1ccc(-c2ccc(N3C(=O)c4ccc(Cc5ccc6c(c5)C(=O)N(C)C6=O)cc4C3=O)cc2)cc1. The molecule has 0 radical (unpaired) electrons. The van der Waals surface area contributed by atoms with Crippen molar-refractivity contribution in [1.82, 2.24) is 4.90 Å². The van der Waals surface area contributed by atoms with Crippen LogP contribution < -0.4 is 4.90 Å². The van der Waals surface area contributed by atoms with E-state index in [2.05, 4.69) is 0 Å². The highest BCUT2D eigenvalue weighted by molar-refractivity contribution is 6.34. The molecule has 0 bridgehead atoms. The highest BCUT2D eigenvalue weighted by atomic mass is 16.2. The van der Waals surface area contributed by atoms with E-state index in [1.165, 1.54) is 17.5 Å². The van der Waals surface area contributed by atoms with Crippen LogP contribution in [0.2, 0.25) is 0 Å². The third-order valence-corrected chi connectivity index (χ3v) is 7.02. The van der Waals surface area contributed by atoms with Gasteiger partial charge in [-0.2, -0.15) is 0 Å². The average molecular weight is 487 g/mol. The molecule has 2 aliphatic rings. The van der Waals surface area contributed by atoms with Crippen molar-refractivity contribution in [2.24, 2.45) is 0 Å². The number of hydrogen-bond acceptors (Lipinski definition) is 4. The van der Waals surface area contributed by atoms with Gasteiger partial charge in [-0.25, -0.2) is 4.90 Å². The molecule has 4 aromatic rings. The molecular weight excluding hydrogens is 464 g/mol. The number of hydrogen-bond donors (Lipinski definition) is 0. The molecular formula is C31H22N2O4. The first-order valence-electron chi connectivity index (χ1n) is 12.0. The van der Waals surface area contributed by atoms with Crippen LogP contribution in [0.4, 0.5) is 5.69 Å².